The van der Waals surface area contributed by atoms with E-state index in [1.807, 2.05) is 25.1 Å². The van der Waals surface area contributed by atoms with Crippen molar-refractivity contribution in [2.45, 2.75) is 13.8 Å². The zero-order valence-electron chi connectivity index (χ0n) is 15.1. The Bertz CT molecular complexity index is 781. The molecule has 138 valence electrons. The highest BCUT2D eigenvalue weighted by molar-refractivity contribution is 6.04. The van der Waals surface area contributed by atoms with Crippen molar-refractivity contribution in [1.29, 1.82) is 0 Å². The van der Waals surface area contributed by atoms with Gasteiger partial charge in [0.15, 0.2) is 0 Å². The summed E-state index contributed by atoms with van der Waals surface area (Å²) >= 11 is 0. The second-order valence-electron chi connectivity index (χ2n) is 6.53. The van der Waals surface area contributed by atoms with E-state index in [0.717, 1.165) is 62.2 Å². The Morgan fingerprint density at radius 3 is 2.27 bits per heavy atom. The Morgan fingerprint density at radius 2 is 1.69 bits per heavy atom. The van der Waals surface area contributed by atoms with E-state index < -0.39 is 17.5 Å². The van der Waals surface area contributed by atoms with Crippen LogP contribution in [-0.4, -0.2) is 43.5 Å². The van der Waals surface area contributed by atoms with Crippen LogP contribution in [-0.2, 0) is 0 Å². The molecule has 2 aromatic rings. The number of piperazine rings is 1. The maximum absolute atomic E-state index is 13.3. The van der Waals surface area contributed by atoms with E-state index in [1.165, 1.54) is 0 Å². The highest BCUT2D eigenvalue weighted by Crippen LogP contribution is 2.24. The van der Waals surface area contributed by atoms with Gasteiger partial charge in [-0.3, -0.25) is 4.79 Å². The third kappa shape index (κ3) is 4.19. The summed E-state index contributed by atoms with van der Waals surface area (Å²) in [6.07, 6.45) is 0. The summed E-state index contributed by atoms with van der Waals surface area (Å²) in [6, 6.07) is 8.63. The number of nitrogens with one attached hydrogen (secondary N) is 1. The van der Waals surface area contributed by atoms with E-state index in [9.17, 15) is 13.6 Å². The SMILES string of the molecule is CCN1CCN(c2ccc(NC(=O)c3cc(F)cc(F)c3)c(C)c2)CC1. The molecule has 0 aliphatic carbocycles. The lowest BCUT2D eigenvalue weighted by Gasteiger charge is -2.35. The number of benzene rings is 2. The summed E-state index contributed by atoms with van der Waals surface area (Å²) in [6.45, 7) is 9.18. The van der Waals surface area contributed by atoms with Gasteiger partial charge >= 0.3 is 0 Å². The van der Waals surface area contributed by atoms with Crippen LogP contribution in [0.1, 0.15) is 22.8 Å². The van der Waals surface area contributed by atoms with Crippen molar-refractivity contribution in [3.8, 4) is 0 Å². The zero-order chi connectivity index (χ0) is 18.7. The molecule has 0 atom stereocenters. The normalized spacial score (nSPS) is 15.2. The second kappa shape index (κ2) is 7.83. The van der Waals surface area contributed by atoms with Gasteiger partial charge in [-0.15, -0.1) is 0 Å². The van der Waals surface area contributed by atoms with Gasteiger partial charge in [-0.2, -0.15) is 0 Å². The maximum atomic E-state index is 13.3. The number of anilines is 2. The van der Waals surface area contributed by atoms with Gasteiger partial charge in [-0.05, 0) is 49.4 Å². The van der Waals surface area contributed by atoms with Gasteiger partial charge in [-0.1, -0.05) is 6.92 Å². The van der Waals surface area contributed by atoms with Crippen molar-refractivity contribution >= 4 is 17.3 Å². The third-order valence-corrected chi connectivity index (χ3v) is 4.77. The number of nitrogens with zero attached hydrogens (tertiary/aromatic N) is 2. The van der Waals surface area contributed by atoms with Crippen molar-refractivity contribution in [3.05, 3.63) is 59.2 Å². The van der Waals surface area contributed by atoms with Gasteiger partial charge in [0.1, 0.15) is 11.6 Å². The van der Waals surface area contributed by atoms with Gasteiger partial charge in [0.05, 0.1) is 0 Å². The molecule has 0 bridgehead atoms. The molecule has 26 heavy (non-hydrogen) atoms. The van der Waals surface area contributed by atoms with Crippen molar-refractivity contribution in [2.24, 2.45) is 0 Å². The van der Waals surface area contributed by atoms with Gasteiger partial charge in [0.2, 0.25) is 0 Å². The number of hydrogen-bond donors (Lipinski definition) is 1. The number of aryl methyl sites for hydroxylation is 1. The number of carbonyl (C=O) groups is 1. The standard InChI is InChI=1S/C20H23F2N3O/c1-3-24-6-8-25(9-7-24)18-4-5-19(14(2)10-18)23-20(26)15-11-16(21)13-17(22)12-15/h4-5,10-13H,3,6-9H2,1-2H3,(H,23,26). The lowest BCUT2D eigenvalue weighted by molar-refractivity contribution is 0.102. The Balaban J connectivity index is 1.71. The molecular formula is C20H23F2N3O. The summed E-state index contributed by atoms with van der Waals surface area (Å²) in [7, 11) is 0. The fourth-order valence-electron chi connectivity index (χ4n) is 3.19. The predicted octanol–water partition coefficient (Wildman–Crippen LogP) is 3.67. The van der Waals surface area contributed by atoms with Crippen LogP contribution < -0.4 is 10.2 Å². The van der Waals surface area contributed by atoms with Crippen LogP contribution in [0.4, 0.5) is 20.2 Å². The molecule has 1 aliphatic heterocycles. The largest absolute Gasteiger partial charge is 0.369 e. The minimum atomic E-state index is -0.770. The Kier molecular flexibility index (Phi) is 5.52. The molecule has 4 nitrogen and oxygen atoms in total. The molecule has 0 spiro atoms. The lowest BCUT2D eigenvalue weighted by Crippen LogP contribution is -2.46. The van der Waals surface area contributed by atoms with Gasteiger partial charge < -0.3 is 15.1 Å². The molecule has 2 aromatic carbocycles. The average Bonchev–Trinajstić information content (AvgIpc) is 2.62. The summed E-state index contributed by atoms with van der Waals surface area (Å²) in [5, 5.41) is 2.73. The Labute approximate surface area is 152 Å². The molecule has 6 heteroatoms. The van der Waals surface area contributed by atoms with E-state index in [-0.39, 0.29) is 5.56 Å². The first-order valence-electron chi connectivity index (χ1n) is 8.81. The highest BCUT2D eigenvalue weighted by Gasteiger charge is 2.17. The smallest absolute Gasteiger partial charge is 0.255 e. The highest BCUT2D eigenvalue weighted by atomic mass is 19.1. The summed E-state index contributed by atoms with van der Waals surface area (Å²) < 4.78 is 26.6. The summed E-state index contributed by atoms with van der Waals surface area (Å²) in [5.74, 6) is -2.07. The first kappa shape index (κ1) is 18.3. The van der Waals surface area contributed by atoms with E-state index in [0.29, 0.717) is 5.69 Å². The first-order valence-corrected chi connectivity index (χ1v) is 8.81. The first-order chi connectivity index (χ1) is 12.5. The van der Waals surface area contributed by atoms with Gasteiger partial charge in [0, 0.05) is 49.2 Å². The van der Waals surface area contributed by atoms with Crippen LogP contribution in [0.5, 0.6) is 0 Å². The molecular weight excluding hydrogens is 336 g/mol. The molecule has 1 heterocycles. The predicted molar refractivity (Wildman–Crippen MR) is 99.8 cm³/mol. The third-order valence-electron chi connectivity index (χ3n) is 4.77. The molecule has 3 rings (SSSR count). The van der Waals surface area contributed by atoms with Crippen molar-refractivity contribution < 1.29 is 13.6 Å². The Hall–Kier alpha value is -2.47. The van der Waals surface area contributed by atoms with Crippen LogP contribution in [0.3, 0.4) is 0 Å². The molecule has 0 saturated carbocycles. The van der Waals surface area contributed by atoms with Crippen LogP contribution in [0.25, 0.3) is 0 Å². The van der Waals surface area contributed by atoms with Crippen molar-refractivity contribution in [3.63, 3.8) is 0 Å². The maximum Gasteiger partial charge on any atom is 0.255 e. The van der Waals surface area contributed by atoms with Crippen LogP contribution in [0, 0.1) is 18.6 Å². The quantitative estimate of drug-likeness (QED) is 0.905. The van der Waals surface area contributed by atoms with E-state index in [4.69, 9.17) is 0 Å². The fourth-order valence-corrected chi connectivity index (χ4v) is 3.19. The van der Waals surface area contributed by atoms with Gasteiger partial charge in [0.25, 0.3) is 5.91 Å². The minimum absolute atomic E-state index is 0.0401. The fraction of sp³-hybridized carbons (Fsp3) is 0.350. The van der Waals surface area contributed by atoms with E-state index in [1.54, 1.807) is 0 Å². The summed E-state index contributed by atoms with van der Waals surface area (Å²) in [5.41, 5.74) is 2.62. The molecule has 0 aromatic heterocycles. The van der Waals surface area contributed by atoms with Crippen molar-refractivity contribution in [2.75, 3.05) is 42.9 Å². The number of hydrogen-bond acceptors (Lipinski definition) is 3. The number of likely N-dealkylation sites (N-methyl/N-ethyl adjacent to an activating group) is 1. The molecule has 1 saturated heterocycles. The second-order valence-corrected chi connectivity index (χ2v) is 6.53. The topological polar surface area (TPSA) is 35.6 Å². The molecule has 0 radical (unpaired) electrons. The summed E-state index contributed by atoms with van der Waals surface area (Å²) in [4.78, 5) is 17.0. The van der Waals surface area contributed by atoms with E-state index >= 15 is 0 Å². The average molecular weight is 359 g/mol. The molecule has 1 aliphatic rings. The number of halogens is 2. The van der Waals surface area contributed by atoms with Crippen LogP contribution in [0.2, 0.25) is 0 Å². The Morgan fingerprint density at radius 1 is 1.04 bits per heavy atom. The minimum Gasteiger partial charge on any atom is -0.369 e. The van der Waals surface area contributed by atoms with Crippen molar-refractivity contribution in [1.82, 2.24) is 4.90 Å². The number of rotatable bonds is 4. The lowest BCUT2D eigenvalue weighted by atomic mass is 10.1. The number of amides is 1. The number of carbonyl (C=O) groups excluding carboxylic acids is 1. The molecule has 1 amide bonds. The van der Waals surface area contributed by atoms with Crippen LogP contribution >= 0.6 is 0 Å². The monoisotopic (exact) mass is 359 g/mol. The molecule has 0 unspecified atom stereocenters. The van der Waals surface area contributed by atoms with E-state index in [2.05, 4.69) is 22.0 Å². The zero-order valence-corrected chi connectivity index (χ0v) is 15.1. The van der Waals surface area contributed by atoms with Crippen LogP contribution in [0.15, 0.2) is 36.4 Å². The van der Waals surface area contributed by atoms with Gasteiger partial charge in [-0.25, -0.2) is 8.78 Å². The molecule has 1 N–H and O–H groups in total. The molecule has 1 fully saturated rings.